The largest absolute Gasteiger partial charge is 0.481 e. The number of hydrogen-bond donors (Lipinski definition) is 1. The molecule has 0 spiro atoms. The van der Waals surface area contributed by atoms with Crippen LogP contribution in [0.4, 0.5) is 11.5 Å². The molecule has 1 saturated heterocycles. The Labute approximate surface area is 115 Å². The van der Waals surface area contributed by atoms with Gasteiger partial charge in [0.25, 0.3) is 5.69 Å². The van der Waals surface area contributed by atoms with Gasteiger partial charge in [-0.2, -0.15) is 0 Å². The van der Waals surface area contributed by atoms with Gasteiger partial charge >= 0.3 is 5.97 Å². The summed E-state index contributed by atoms with van der Waals surface area (Å²) in [6.07, 6.45) is 1.13. The number of nitrogens with zero attached hydrogens (tertiary/aromatic N) is 3. The van der Waals surface area contributed by atoms with Crippen LogP contribution in [-0.4, -0.2) is 46.8 Å². The van der Waals surface area contributed by atoms with Crippen LogP contribution in [0.2, 0.25) is 0 Å². The maximum absolute atomic E-state index is 10.9. The molecule has 8 nitrogen and oxygen atoms in total. The summed E-state index contributed by atoms with van der Waals surface area (Å²) in [4.78, 5) is 27.0. The molecule has 2 heterocycles. The van der Waals surface area contributed by atoms with Gasteiger partial charge in [0.15, 0.2) is 0 Å². The Bertz CT molecular complexity index is 534. The van der Waals surface area contributed by atoms with Crippen LogP contribution in [-0.2, 0) is 9.53 Å². The minimum Gasteiger partial charge on any atom is -0.481 e. The van der Waals surface area contributed by atoms with E-state index in [0.717, 1.165) is 0 Å². The van der Waals surface area contributed by atoms with Crippen molar-refractivity contribution in [3.63, 3.8) is 0 Å². The number of carbonyl (C=O) groups is 1. The van der Waals surface area contributed by atoms with Crippen LogP contribution < -0.4 is 4.90 Å². The Kier molecular flexibility index (Phi) is 4.14. The van der Waals surface area contributed by atoms with Crippen LogP contribution >= 0.6 is 0 Å². The summed E-state index contributed by atoms with van der Waals surface area (Å²) in [6.45, 7) is 3.03. The zero-order valence-electron chi connectivity index (χ0n) is 11.0. The van der Waals surface area contributed by atoms with Crippen LogP contribution in [0.3, 0.4) is 0 Å². The molecule has 1 N–H and O–H groups in total. The average molecular weight is 281 g/mol. The minimum atomic E-state index is -0.912. The summed E-state index contributed by atoms with van der Waals surface area (Å²) in [6, 6.07) is 1.13. The van der Waals surface area contributed by atoms with Gasteiger partial charge in [-0.3, -0.25) is 14.9 Å². The number of aliphatic carboxylic acids is 1. The lowest BCUT2D eigenvalue weighted by atomic mass is 10.1. The summed E-state index contributed by atoms with van der Waals surface area (Å²) in [5.41, 5.74) is 0.575. The van der Waals surface area contributed by atoms with Crippen LogP contribution in [0.15, 0.2) is 12.3 Å². The first-order chi connectivity index (χ1) is 9.49. The number of carboxylic acids is 1. The van der Waals surface area contributed by atoms with Crippen LogP contribution in [0, 0.1) is 17.0 Å². The Morgan fingerprint density at radius 3 is 3.05 bits per heavy atom. The molecular formula is C12H15N3O5. The second kappa shape index (κ2) is 5.83. The van der Waals surface area contributed by atoms with Crippen molar-refractivity contribution in [3.05, 3.63) is 27.9 Å². The van der Waals surface area contributed by atoms with Gasteiger partial charge in [0, 0.05) is 12.6 Å². The number of nitro groups is 1. The summed E-state index contributed by atoms with van der Waals surface area (Å²) in [5, 5.41) is 19.6. The second-order valence-electron chi connectivity index (χ2n) is 4.61. The molecule has 1 fully saturated rings. The highest BCUT2D eigenvalue weighted by atomic mass is 16.6. The first kappa shape index (κ1) is 14.2. The lowest BCUT2D eigenvalue weighted by molar-refractivity contribution is -0.385. The van der Waals surface area contributed by atoms with E-state index < -0.39 is 10.9 Å². The molecule has 2 rings (SSSR count). The molecule has 8 heteroatoms. The second-order valence-corrected chi connectivity index (χ2v) is 4.61. The fourth-order valence-electron chi connectivity index (χ4n) is 2.26. The van der Waals surface area contributed by atoms with Gasteiger partial charge < -0.3 is 14.7 Å². The van der Waals surface area contributed by atoms with E-state index in [2.05, 4.69) is 4.98 Å². The predicted molar refractivity (Wildman–Crippen MR) is 69.8 cm³/mol. The molecule has 1 unspecified atom stereocenters. The zero-order valence-corrected chi connectivity index (χ0v) is 11.0. The Morgan fingerprint density at radius 2 is 2.45 bits per heavy atom. The average Bonchev–Trinajstić information content (AvgIpc) is 2.39. The van der Waals surface area contributed by atoms with E-state index in [1.165, 1.54) is 12.3 Å². The third-order valence-electron chi connectivity index (χ3n) is 3.16. The van der Waals surface area contributed by atoms with Gasteiger partial charge in [0.1, 0.15) is 12.0 Å². The van der Waals surface area contributed by atoms with Crippen LogP contribution in [0.5, 0.6) is 0 Å². The van der Waals surface area contributed by atoms with Gasteiger partial charge in [-0.05, 0) is 12.5 Å². The first-order valence-corrected chi connectivity index (χ1v) is 6.16. The molecule has 1 aromatic rings. The number of aryl methyl sites for hydroxylation is 1. The molecule has 1 aliphatic rings. The van der Waals surface area contributed by atoms with E-state index in [0.29, 0.717) is 31.1 Å². The maximum Gasteiger partial charge on any atom is 0.305 e. The summed E-state index contributed by atoms with van der Waals surface area (Å²) < 4.78 is 5.30. The molecule has 0 aromatic carbocycles. The molecule has 1 aromatic heterocycles. The molecule has 1 atom stereocenters. The molecule has 0 saturated carbocycles. The van der Waals surface area contributed by atoms with Crippen molar-refractivity contribution in [3.8, 4) is 0 Å². The SMILES string of the molecule is Cc1cc([N+](=O)[O-])cnc1N1CCOCC1CC(=O)O. The molecular weight excluding hydrogens is 266 g/mol. The van der Waals surface area contributed by atoms with E-state index in [1.807, 2.05) is 4.90 Å². The molecule has 0 radical (unpaired) electrons. The molecule has 20 heavy (non-hydrogen) atoms. The fourth-order valence-corrected chi connectivity index (χ4v) is 2.26. The van der Waals surface area contributed by atoms with Gasteiger partial charge in [-0.25, -0.2) is 4.98 Å². The molecule has 1 aliphatic heterocycles. The molecule has 0 aliphatic carbocycles. The Balaban J connectivity index is 2.27. The zero-order chi connectivity index (χ0) is 14.7. The first-order valence-electron chi connectivity index (χ1n) is 6.16. The van der Waals surface area contributed by atoms with Gasteiger partial charge in [0.05, 0.1) is 30.6 Å². The highest BCUT2D eigenvalue weighted by Gasteiger charge is 2.28. The molecule has 0 bridgehead atoms. The highest BCUT2D eigenvalue weighted by Crippen LogP contribution is 2.25. The smallest absolute Gasteiger partial charge is 0.305 e. The fraction of sp³-hybridized carbons (Fsp3) is 0.500. The van der Waals surface area contributed by atoms with Crippen molar-refractivity contribution >= 4 is 17.5 Å². The van der Waals surface area contributed by atoms with E-state index in [-0.39, 0.29) is 18.2 Å². The number of ether oxygens (including phenoxy) is 1. The predicted octanol–water partition coefficient (Wildman–Crippen LogP) is 0.978. The van der Waals surface area contributed by atoms with Gasteiger partial charge in [-0.15, -0.1) is 0 Å². The number of rotatable bonds is 4. The summed E-state index contributed by atoms with van der Waals surface area (Å²) in [5.74, 6) is -0.338. The van der Waals surface area contributed by atoms with Gasteiger partial charge in [0.2, 0.25) is 0 Å². The van der Waals surface area contributed by atoms with E-state index in [4.69, 9.17) is 9.84 Å². The lowest BCUT2D eigenvalue weighted by Gasteiger charge is -2.36. The number of morpholine rings is 1. The topological polar surface area (TPSA) is 106 Å². The number of hydrogen-bond acceptors (Lipinski definition) is 6. The molecule has 108 valence electrons. The lowest BCUT2D eigenvalue weighted by Crippen LogP contribution is -2.47. The quantitative estimate of drug-likeness (QED) is 0.647. The van der Waals surface area contributed by atoms with E-state index in [9.17, 15) is 14.9 Å². The summed E-state index contributed by atoms with van der Waals surface area (Å²) in [7, 11) is 0. The van der Waals surface area contributed by atoms with Crippen molar-refractivity contribution in [2.24, 2.45) is 0 Å². The number of carboxylic acid groups (broad SMARTS) is 1. The van der Waals surface area contributed by atoms with E-state index >= 15 is 0 Å². The van der Waals surface area contributed by atoms with Crippen molar-refractivity contribution in [2.75, 3.05) is 24.7 Å². The Hall–Kier alpha value is -2.22. The van der Waals surface area contributed by atoms with Crippen LogP contribution in [0.25, 0.3) is 0 Å². The van der Waals surface area contributed by atoms with E-state index in [1.54, 1.807) is 6.92 Å². The number of aromatic nitrogens is 1. The van der Waals surface area contributed by atoms with Crippen molar-refractivity contribution in [2.45, 2.75) is 19.4 Å². The standard InChI is InChI=1S/C12H15N3O5/c1-8-4-9(15(18)19)6-13-12(8)14-2-3-20-7-10(14)5-11(16)17/h4,6,10H,2-3,5,7H2,1H3,(H,16,17). The monoisotopic (exact) mass is 281 g/mol. The van der Waals surface area contributed by atoms with Crippen molar-refractivity contribution < 1.29 is 19.6 Å². The maximum atomic E-state index is 10.9. The third-order valence-corrected chi connectivity index (χ3v) is 3.16. The van der Waals surface area contributed by atoms with Crippen LogP contribution in [0.1, 0.15) is 12.0 Å². The number of pyridine rings is 1. The summed E-state index contributed by atoms with van der Waals surface area (Å²) >= 11 is 0. The van der Waals surface area contributed by atoms with Gasteiger partial charge in [-0.1, -0.05) is 0 Å². The van der Waals surface area contributed by atoms with Crippen molar-refractivity contribution in [1.82, 2.24) is 4.98 Å². The normalized spacial score (nSPS) is 18.9. The van der Waals surface area contributed by atoms with Crippen molar-refractivity contribution in [1.29, 1.82) is 0 Å². The third kappa shape index (κ3) is 3.02. The minimum absolute atomic E-state index is 0.0574. The number of anilines is 1. The highest BCUT2D eigenvalue weighted by molar-refractivity contribution is 5.68. The Morgan fingerprint density at radius 1 is 1.70 bits per heavy atom. The molecule has 0 amide bonds.